The third kappa shape index (κ3) is 3.10. The van der Waals surface area contributed by atoms with E-state index >= 15 is 0 Å². The van der Waals surface area contributed by atoms with Crippen LogP contribution < -0.4 is 0 Å². The zero-order chi connectivity index (χ0) is 10.1. The summed E-state index contributed by atoms with van der Waals surface area (Å²) < 4.78 is 2.73. The van der Waals surface area contributed by atoms with E-state index in [9.17, 15) is 4.79 Å². The van der Waals surface area contributed by atoms with E-state index in [1.807, 2.05) is 27.0 Å². The van der Waals surface area contributed by atoms with E-state index in [1.165, 1.54) is 0 Å². The van der Waals surface area contributed by atoms with Crippen LogP contribution in [-0.4, -0.2) is 15.6 Å². The van der Waals surface area contributed by atoms with Gasteiger partial charge in [-0.25, -0.2) is 0 Å². The number of ketones is 1. The van der Waals surface area contributed by atoms with Gasteiger partial charge in [0, 0.05) is 11.6 Å². The molecule has 0 aromatic carbocycles. The van der Waals surface area contributed by atoms with Gasteiger partial charge in [0.05, 0.1) is 9.77 Å². The molecular weight excluding hydrogens is 279 g/mol. The summed E-state index contributed by atoms with van der Waals surface area (Å²) in [7, 11) is 0. The minimum absolute atomic E-state index is 0.201. The van der Waals surface area contributed by atoms with Gasteiger partial charge in [-0.3, -0.25) is 9.48 Å². The average molecular weight is 292 g/mol. The first-order chi connectivity index (χ1) is 5.89. The summed E-state index contributed by atoms with van der Waals surface area (Å²) in [5.74, 6) is 0.201. The molecule has 0 aliphatic carbocycles. The summed E-state index contributed by atoms with van der Waals surface area (Å²) in [4.78, 5) is 11.6. The molecule has 0 amide bonds. The van der Waals surface area contributed by atoms with Gasteiger partial charge in [-0.1, -0.05) is 20.8 Å². The summed E-state index contributed by atoms with van der Waals surface area (Å²) >= 11 is 2.17. The van der Waals surface area contributed by atoms with E-state index in [1.54, 1.807) is 10.9 Å². The lowest BCUT2D eigenvalue weighted by Gasteiger charge is -2.15. The number of aromatic nitrogens is 2. The number of carbonyl (C=O) groups is 1. The molecule has 0 fully saturated rings. The predicted octanol–water partition coefficient (Wildman–Crippen LogP) is 2.10. The van der Waals surface area contributed by atoms with Crippen molar-refractivity contribution in [3.63, 3.8) is 0 Å². The second kappa shape index (κ2) is 3.77. The first-order valence-electron chi connectivity index (χ1n) is 4.11. The van der Waals surface area contributed by atoms with E-state index in [2.05, 4.69) is 27.7 Å². The van der Waals surface area contributed by atoms with Crippen LogP contribution in [0.3, 0.4) is 0 Å². The Labute approximate surface area is 91.7 Å². The molecule has 0 spiro atoms. The maximum atomic E-state index is 11.6. The number of nitrogens with zero attached hydrogens (tertiary/aromatic N) is 2. The Hall–Kier alpha value is -0.390. The number of halogens is 1. The Kier molecular flexibility index (Phi) is 3.10. The first-order valence-corrected chi connectivity index (χ1v) is 5.19. The molecule has 13 heavy (non-hydrogen) atoms. The van der Waals surface area contributed by atoms with Crippen molar-refractivity contribution in [1.82, 2.24) is 9.78 Å². The monoisotopic (exact) mass is 292 g/mol. The number of hydrogen-bond donors (Lipinski definition) is 0. The lowest BCUT2D eigenvalue weighted by Crippen LogP contribution is -2.25. The van der Waals surface area contributed by atoms with Gasteiger partial charge >= 0.3 is 0 Å². The predicted molar refractivity (Wildman–Crippen MR) is 59.4 cm³/mol. The zero-order valence-electron chi connectivity index (χ0n) is 8.04. The normalized spacial score (nSPS) is 11.7. The highest BCUT2D eigenvalue weighted by atomic mass is 127. The zero-order valence-corrected chi connectivity index (χ0v) is 10.2. The van der Waals surface area contributed by atoms with Gasteiger partial charge in [0.2, 0.25) is 0 Å². The van der Waals surface area contributed by atoms with E-state index < -0.39 is 0 Å². The molecular formula is C9H13IN2O. The number of carbonyl (C=O) groups excluding carboxylic acids is 1. The molecule has 0 saturated heterocycles. The summed E-state index contributed by atoms with van der Waals surface area (Å²) in [5.41, 5.74) is -0.280. The smallest absolute Gasteiger partial charge is 0.159 e. The third-order valence-corrected chi connectivity index (χ3v) is 2.30. The molecule has 0 saturated carbocycles. The van der Waals surface area contributed by atoms with Crippen LogP contribution in [0.1, 0.15) is 20.8 Å². The van der Waals surface area contributed by atoms with Gasteiger partial charge in [-0.05, 0) is 22.6 Å². The lowest BCUT2D eigenvalue weighted by atomic mass is 9.91. The lowest BCUT2D eigenvalue weighted by molar-refractivity contribution is -0.127. The van der Waals surface area contributed by atoms with Gasteiger partial charge in [0.25, 0.3) is 0 Å². The molecule has 72 valence electrons. The highest BCUT2D eigenvalue weighted by Gasteiger charge is 2.21. The van der Waals surface area contributed by atoms with E-state index in [0.717, 1.165) is 3.57 Å². The third-order valence-electron chi connectivity index (χ3n) is 1.74. The fourth-order valence-electron chi connectivity index (χ4n) is 0.809. The maximum Gasteiger partial charge on any atom is 0.159 e. The quantitative estimate of drug-likeness (QED) is 0.782. The minimum atomic E-state index is -0.280. The molecule has 0 aliphatic rings. The molecule has 0 bridgehead atoms. The summed E-state index contributed by atoms with van der Waals surface area (Å²) in [6.45, 7) is 6.13. The number of hydrogen-bond acceptors (Lipinski definition) is 2. The summed E-state index contributed by atoms with van der Waals surface area (Å²) in [6, 6.07) is 0. The fourth-order valence-corrected chi connectivity index (χ4v) is 1.26. The second-order valence-electron chi connectivity index (χ2n) is 4.03. The molecule has 0 radical (unpaired) electrons. The molecule has 0 atom stereocenters. The minimum Gasteiger partial charge on any atom is -0.297 e. The molecule has 1 heterocycles. The first kappa shape index (κ1) is 10.7. The van der Waals surface area contributed by atoms with Gasteiger partial charge in [-0.15, -0.1) is 0 Å². The summed E-state index contributed by atoms with van der Waals surface area (Å²) in [6.07, 6.45) is 3.61. The molecule has 1 aromatic rings. The van der Waals surface area contributed by atoms with E-state index in [-0.39, 0.29) is 11.2 Å². The van der Waals surface area contributed by atoms with Crippen LogP contribution in [0.2, 0.25) is 0 Å². The van der Waals surface area contributed by atoms with Crippen molar-refractivity contribution in [2.75, 3.05) is 0 Å². The van der Waals surface area contributed by atoms with Crippen molar-refractivity contribution in [3.8, 4) is 0 Å². The number of Topliss-reactive ketones (excluding diaryl/α,β-unsaturated/α-hetero) is 1. The highest BCUT2D eigenvalue weighted by Crippen LogP contribution is 2.15. The Balaban J connectivity index is 2.65. The fraction of sp³-hybridized carbons (Fsp3) is 0.556. The van der Waals surface area contributed by atoms with Gasteiger partial charge in [0.1, 0.15) is 6.54 Å². The van der Waals surface area contributed by atoms with Crippen LogP contribution in [-0.2, 0) is 11.3 Å². The van der Waals surface area contributed by atoms with Crippen molar-refractivity contribution >= 4 is 28.4 Å². The average Bonchev–Trinajstić information content (AvgIpc) is 2.33. The van der Waals surface area contributed by atoms with Crippen molar-refractivity contribution in [3.05, 3.63) is 16.0 Å². The molecule has 0 unspecified atom stereocenters. The Bertz CT molecular complexity index is 312. The topological polar surface area (TPSA) is 34.9 Å². The van der Waals surface area contributed by atoms with Crippen LogP contribution in [0.4, 0.5) is 0 Å². The van der Waals surface area contributed by atoms with E-state index in [4.69, 9.17) is 0 Å². The van der Waals surface area contributed by atoms with Crippen LogP contribution in [0.25, 0.3) is 0 Å². The van der Waals surface area contributed by atoms with Gasteiger partial charge in [-0.2, -0.15) is 5.10 Å². The Morgan fingerprint density at radius 3 is 2.62 bits per heavy atom. The molecule has 0 aliphatic heterocycles. The Morgan fingerprint density at radius 2 is 2.23 bits per heavy atom. The summed E-state index contributed by atoms with van der Waals surface area (Å²) in [5, 5.41) is 4.06. The molecule has 3 nitrogen and oxygen atoms in total. The molecule has 0 N–H and O–H groups in total. The standard InChI is InChI=1S/C9H13IN2O/c1-9(2,3)8(13)6-12-5-7(10)4-11-12/h4-5H,6H2,1-3H3. The van der Waals surface area contributed by atoms with Crippen LogP contribution >= 0.6 is 22.6 Å². The van der Waals surface area contributed by atoms with Crippen molar-refractivity contribution in [2.45, 2.75) is 27.3 Å². The maximum absolute atomic E-state index is 11.6. The van der Waals surface area contributed by atoms with Crippen molar-refractivity contribution in [2.24, 2.45) is 5.41 Å². The van der Waals surface area contributed by atoms with Crippen LogP contribution in [0, 0.1) is 8.99 Å². The molecule has 1 rings (SSSR count). The van der Waals surface area contributed by atoms with E-state index in [0.29, 0.717) is 6.54 Å². The Morgan fingerprint density at radius 1 is 1.62 bits per heavy atom. The molecule has 1 aromatic heterocycles. The second-order valence-corrected chi connectivity index (χ2v) is 5.27. The van der Waals surface area contributed by atoms with Crippen LogP contribution in [0.5, 0.6) is 0 Å². The highest BCUT2D eigenvalue weighted by molar-refractivity contribution is 14.1. The van der Waals surface area contributed by atoms with Gasteiger partial charge in [0.15, 0.2) is 5.78 Å². The number of rotatable bonds is 2. The van der Waals surface area contributed by atoms with Gasteiger partial charge < -0.3 is 0 Å². The van der Waals surface area contributed by atoms with Crippen molar-refractivity contribution < 1.29 is 4.79 Å². The largest absolute Gasteiger partial charge is 0.297 e. The van der Waals surface area contributed by atoms with Crippen molar-refractivity contribution in [1.29, 1.82) is 0 Å². The SMILES string of the molecule is CC(C)(C)C(=O)Cn1cc(I)cn1. The molecule has 4 heteroatoms. The van der Waals surface area contributed by atoms with Crippen LogP contribution in [0.15, 0.2) is 12.4 Å².